The van der Waals surface area contributed by atoms with Crippen LogP contribution in [-0.2, 0) is 0 Å². The van der Waals surface area contributed by atoms with Crippen molar-refractivity contribution in [1.29, 1.82) is 0 Å². The Hall–Kier alpha value is -2.16. The molecule has 1 N–H and O–H groups in total. The summed E-state index contributed by atoms with van der Waals surface area (Å²) in [4.78, 5) is 4.01. The van der Waals surface area contributed by atoms with Gasteiger partial charge in [-0.15, -0.1) is 0 Å². The maximum Gasteiger partial charge on any atom is 0.0564 e. The highest BCUT2D eigenvalue weighted by atomic mass is 15.3. The van der Waals surface area contributed by atoms with Crippen molar-refractivity contribution >= 4 is 11.9 Å². The van der Waals surface area contributed by atoms with E-state index in [0.717, 1.165) is 11.3 Å². The standard InChI is InChI=1S/C13H13N3/c1-11-4-2-6-13(8-11)16-15-10-12-5-3-7-14-9-12/h2-10,16H,1H3/b15-10-. The molecule has 0 fully saturated rings. The van der Waals surface area contributed by atoms with Crippen LogP contribution in [0.15, 0.2) is 53.9 Å². The maximum atomic E-state index is 4.14. The van der Waals surface area contributed by atoms with Crippen LogP contribution in [0.25, 0.3) is 0 Å². The second kappa shape index (κ2) is 5.07. The van der Waals surface area contributed by atoms with Gasteiger partial charge in [-0.25, -0.2) is 0 Å². The summed E-state index contributed by atoms with van der Waals surface area (Å²) in [5.41, 5.74) is 6.15. The van der Waals surface area contributed by atoms with Crippen LogP contribution in [0.2, 0.25) is 0 Å². The highest BCUT2D eigenvalue weighted by Crippen LogP contribution is 2.08. The van der Waals surface area contributed by atoms with Gasteiger partial charge in [0.2, 0.25) is 0 Å². The first-order chi connectivity index (χ1) is 7.84. The summed E-state index contributed by atoms with van der Waals surface area (Å²) in [5.74, 6) is 0. The summed E-state index contributed by atoms with van der Waals surface area (Å²) < 4.78 is 0. The van der Waals surface area contributed by atoms with Crippen LogP contribution in [0.4, 0.5) is 5.69 Å². The Labute approximate surface area is 94.9 Å². The average molecular weight is 211 g/mol. The summed E-state index contributed by atoms with van der Waals surface area (Å²) in [6.45, 7) is 2.05. The van der Waals surface area contributed by atoms with Gasteiger partial charge >= 0.3 is 0 Å². The first kappa shape index (κ1) is 10.4. The molecule has 3 nitrogen and oxygen atoms in total. The van der Waals surface area contributed by atoms with Crippen LogP contribution in [0, 0.1) is 6.92 Å². The molecule has 80 valence electrons. The fourth-order valence-electron chi connectivity index (χ4n) is 1.35. The van der Waals surface area contributed by atoms with Crippen molar-refractivity contribution in [2.45, 2.75) is 6.92 Å². The van der Waals surface area contributed by atoms with Gasteiger partial charge in [0.1, 0.15) is 0 Å². The van der Waals surface area contributed by atoms with E-state index in [-0.39, 0.29) is 0 Å². The average Bonchev–Trinajstić information content (AvgIpc) is 2.30. The van der Waals surface area contributed by atoms with Crippen LogP contribution in [0.1, 0.15) is 11.1 Å². The monoisotopic (exact) mass is 211 g/mol. The summed E-state index contributed by atoms with van der Waals surface area (Å²) in [7, 11) is 0. The van der Waals surface area contributed by atoms with Gasteiger partial charge in [0.15, 0.2) is 0 Å². The van der Waals surface area contributed by atoms with Gasteiger partial charge in [-0.05, 0) is 30.7 Å². The highest BCUT2D eigenvalue weighted by Gasteiger charge is 1.89. The SMILES string of the molecule is Cc1cccc(N/N=C\c2cccnc2)c1. The lowest BCUT2D eigenvalue weighted by atomic mass is 10.2. The molecule has 2 rings (SSSR count). The van der Waals surface area contributed by atoms with Crippen molar-refractivity contribution in [1.82, 2.24) is 4.98 Å². The minimum Gasteiger partial charge on any atom is -0.278 e. The molecule has 3 heteroatoms. The van der Waals surface area contributed by atoms with E-state index in [1.165, 1.54) is 5.56 Å². The Kier molecular flexibility index (Phi) is 3.28. The number of anilines is 1. The predicted molar refractivity (Wildman–Crippen MR) is 66.6 cm³/mol. The fourth-order valence-corrected chi connectivity index (χ4v) is 1.35. The van der Waals surface area contributed by atoms with Crippen LogP contribution >= 0.6 is 0 Å². The first-order valence-electron chi connectivity index (χ1n) is 5.10. The van der Waals surface area contributed by atoms with Gasteiger partial charge in [-0.1, -0.05) is 18.2 Å². The van der Waals surface area contributed by atoms with E-state index in [0.29, 0.717) is 0 Å². The van der Waals surface area contributed by atoms with E-state index in [2.05, 4.69) is 28.5 Å². The normalized spacial score (nSPS) is 10.6. The number of pyridine rings is 1. The number of benzene rings is 1. The van der Waals surface area contributed by atoms with Crippen molar-refractivity contribution in [3.63, 3.8) is 0 Å². The predicted octanol–water partition coefficient (Wildman–Crippen LogP) is 2.84. The largest absolute Gasteiger partial charge is 0.278 e. The number of rotatable bonds is 3. The van der Waals surface area contributed by atoms with E-state index in [4.69, 9.17) is 0 Å². The molecule has 0 bridgehead atoms. The highest BCUT2D eigenvalue weighted by molar-refractivity contribution is 5.79. The Balaban J connectivity index is 2.00. The number of nitrogens with zero attached hydrogens (tertiary/aromatic N) is 2. The zero-order valence-corrected chi connectivity index (χ0v) is 9.09. The Morgan fingerprint density at radius 2 is 2.19 bits per heavy atom. The molecule has 0 saturated carbocycles. The topological polar surface area (TPSA) is 37.3 Å². The molecule has 16 heavy (non-hydrogen) atoms. The van der Waals surface area contributed by atoms with E-state index in [9.17, 15) is 0 Å². The molecule has 1 aromatic heterocycles. The molecular weight excluding hydrogens is 198 g/mol. The van der Waals surface area contributed by atoms with Gasteiger partial charge < -0.3 is 0 Å². The molecule has 0 spiro atoms. The summed E-state index contributed by atoms with van der Waals surface area (Å²) in [6, 6.07) is 11.9. The quantitative estimate of drug-likeness (QED) is 0.626. The van der Waals surface area contributed by atoms with Gasteiger partial charge in [0, 0.05) is 18.0 Å². The molecule has 1 aromatic carbocycles. The van der Waals surface area contributed by atoms with Crippen LogP contribution in [-0.4, -0.2) is 11.2 Å². The summed E-state index contributed by atoms with van der Waals surface area (Å²) in [6.07, 6.45) is 5.25. The number of aromatic nitrogens is 1. The number of hydrogen-bond acceptors (Lipinski definition) is 3. The fraction of sp³-hybridized carbons (Fsp3) is 0.0769. The lowest BCUT2D eigenvalue weighted by Gasteiger charge is -2.00. The van der Waals surface area contributed by atoms with Crippen LogP contribution in [0.3, 0.4) is 0 Å². The van der Waals surface area contributed by atoms with Gasteiger partial charge in [0.25, 0.3) is 0 Å². The third-order valence-corrected chi connectivity index (χ3v) is 2.11. The molecule has 0 radical (unpaired) electrons. The van der Waals surface area contributed by atoms with E-state index in [1.54, 1.807) is 18.6 Å². The lowest BCUT2D eigenvalue weighted by Crippen LogP contribution is -1.91. The third-order valence-electron chi connectivity index (χ3n) is 2.11. The van der Waals surface area contributed by atoms with E-state index < -0.39 is 0 Å². The van der Waals surface area contributed by atoms with Gasteiger partial charge in [0.05, 0.1) is 11.9 Å². The number of aryl methyl sites for hydroxylation is 1. The molecule has 0 amide bonds. The van der Waals surface area contributed by atoms with E-state index in [1.807, 2.05) is 30.3 Å². The Bertz CT molecular complexity index is 478. The van der Waals surface area contributed by atoms with Crippen molar-refractivity contribution in [2.75, 3.05) is 5.43 Å². The van der Waals surface area contributed by atoms with Crippen molar-refractivity contribution in [3.05, 3.63) is 59.9 Å². The number of nitrogens with one attached hydrogen (secondary N) is 1. The molecule has 0 saturated heterocycles. The van der Waals surface area contributed by atoms with Crippen molar-refractivity contribution in [2.24, 2.45) is 5.10 Å². The van der Waals surface area contributed by atoms with Crippen LogP contribution < -0.4 is 5.43 Å². The summed E-state index contributed by atoms with van der Waals surface area (Å²) >= 11 is 0. The molecule has 2 aromatic rings. The lowest BCUT2D eigenvalue weighted by molar-refractivity contribution is 1.30. The van der Waals surface area contributed by atoms with E-state index >= 15 is 0 Å². The Morgan fingerprint density at radius 3 is 2.94 bits per heavy atom. The smallest absolute Gasteiger partial charge is 0.0564 e. The Morgan fingerprint density at radius 1 is 1.25 bits per heavy atom. The zero-order valence-electron chi connectivity index (χ0n) is 9.09. The second-order valence-electron chi connectivity index (χ2n) is 3.53. The number of hydrogen-bond donors (Lipinski definition) is 1. The van der Waals surface area contributed by atoms with Crippen LogP contribution in [0.5, 0.6) is 0 Å². The molecular formula is C13H13N3. The molecule has 0 aliphatic heterocycles. The zero-order chi connectivity index (χ0) is 11.2. The van der Waals surface area contributed by atoms with Gasteiger partial charge in [-0.2, -0.15) is 5.10 Å². The van der Waals surface area contributed by atoms with Crippen molar-refractivity contribution < 1.29 is 0 Å². The summed E-state index contributed by atoms with van der Waals surface area (Å²) in [5, 5.41) is 4.14. The molecule has 0 unspecified atom stereocenters. The third kappa shape index (κ3) is 2.92. The minimum absolute atomic E-state index is 0.975. The molecule has 0 aliphatic carbocycles. The molecule has 0 atom stereocenters. The second-order valence-corrected chi connectivity index (χ2v) is 3.53. The molecule has 1 heterocycles. The van der Waals surface area contributed by atoms with Gasteiger partial charge in [-0.3, -0.25) is 10.4 Å². The first-order valence-corrected chi connectivity index (χ1v) is 5.10. The maximum absolute atomic E-state index is 4.14. The minimum atomic E-state index is 0.975. The number of hydrazone groups is 1. The van der Waals surface area contributed by atoms with Crippen molar-refractivity contribution in [3.8, 4) is 0 Å². The molecule has 0 aliphatic rings.